The number of hydrogen-bond donors (Lipinski definition) is 0. The number of hydrogen-bond acceptors (Lipinski definition) is 7. The van der Waals surface area contributed by atoms with Crippen LogP contribution in [-0.2, 0) is 17.9 Å². The van der Waals surface area contributed by atoms with Crippen molar-refractivity contribution in [3.63, 3.8) is 0 Å². The fourth-order valence-corrected chi connectivity index (χ4v) is 4.98. The van der Waals surface area contributed by atoms with Crippen LogP contribution in [0.4, 0.5) is 5.69 Å². The largest absolute Gasteiger partial charge is 0.339 e. The fraction of sp³-hybridized carbons (Fsp3) is 0.375. The highest BCUT2D eigenvalue weighted by Gasteiger charge is 2.23. The molecule has 1 aliphatic heterocycles. The molecule has 1 fully saturated rings. The van der Waals surface area contributed by atoms with Gasteiger partial charge < -0.3 is 9.47 Å². The molecule has 0 aliphatic carbocycles. The molecule has 1 aliphatic rings. The number of carbonyl (C=O) groups is 1. The van der Waals surface area contributed by atoms with Crippen molar-refractivity contribution in [1.29, 1.82) is 0 Å². The van der Waals surface area contributed by atoms with Gasteiger partial charge in [0.25, 0.3) is 5.69 Å². The Morgan fingerprint density at radius 2 is 1.85 bits per heavy atom. The zero-order valence-electron chi connectivity index (χ0n) is 19.4. The van der Waals surface area contributed by atoms with E-state index in [4.69, 9.17) is 0 Å². The first-order chi connectivity index (χ1) is 16.4. The molecular formula is C24H28N6O3S. The normalized spacial score (nSPS) is 14.4. The standard InChI is InChI=1S/C24H28N6O3S/c1-3-29-23(20-8-4-6-18(2)14-20)25-26-24(29)34-17-22(31)28-12-10-27(11-13-28)16-19-7-5-9-21(15-19)30(32)33/h4-9,14-15H,3,10-13,16-17H2,1-2H3. The van der Waals surface area contributed by atoms with Crippen LogP contribution in [-0.4, -0.2) is 67.3 Å². The maximum absolute atomic E-state index is 12.8. The zero-order valence-corrected chi connectivity index (χ0v) is 20.2. The zero-order chi connectivity index (χ0) is 24.1. The summed E-state index contributed by atoms with van der Waals surface area (Å²) in [5.41, 5.74) is 3.20. The molecule has 0 spiro atoms. The number of benzene rings is 2. The monoisotopic (exact) mass is 480 g/mol. The molecule has 2 heterocycles. The Bertz CT molecular complexity index is 1170. The maximum atomic E-state index is 12.8. The lowest BCUT2D eigenvalue weighted by Gasteiger charge is -2.34. The second-order valence-corrected chi connectivity index (χ2v) is 9.24. The third kappa shape index (κ3) is 5.63. The molecule has 1 amide bonds. The Kier molecular flexibility index (Phi) is 7.59. The SMILES string of the molecule is CCn1c(SCC(=O)N2CCN(Cc3cccc([N+](=O)[O-])c3)CC2)nnc1-c1cccc(C)c1. The number of nitro groups is 1. The molecule has 4 rings (SSSR count). The molecule has 0 saturated carbocycles. The van der Waals surface area contributed by atoms with E-state index in [1.807, 2.05) is 40.7 Å². The summed E-state index contributed by atoms with van der Waals surface area (Å²) in [6, 6.07) is 14.9. The molecule has 1 aromatic heterocycles. The first kappa shape index (κ1) is 23.9. The molecular weight excluding hydrogens is 452 g/mol. The summed E-state index contributed by atoms with van der Waals surface area (Å²) in [4.78, 5) is 27.5. The van der Waals surface area contributed by atoms with E-state index >= 15 is 0 Å². The lowest BCUT2D eigenvalue weighted by atomic mass is 10.1. The van der Waals surface area contributed by atoms with Gasteiger partial charge in [0.1, 0.15) is 0 Å². The topological polar surface area (TPSA) is 97.4 Å². The van der Waals surface area contributed by atoms with Crippen molar-refractivity contribution in [3.05, 3.63) is 69.8 Å². The van der Waals surface area contributed by atoms with Gasteiger partial charge in [0.2, 0.25) is 5.91 Å². The number of non-ortho nitro benzene ring substituents is 1. The molecule has 3 aromatic rings. The van der Waals surface area contributed by atoms with Crippen LogP contribution in [0.3, 0.4) is 0 Å². The highest BCUT2D eigenvalue weighted by Crippen LogP contribution is 2.25. The van der Waals surface area contributed by atoms with Gasteiger partial charge in [0, 0.05) is 57.0 Å². The molecule has 9 nitrogen and oxygen atoms in total. The van der Waals surface area contributed by atoms with Crippen LogP contribution >= 0.6 is 11.8 Å². The summed E-state index contributed by atoms with van der Waals surface area (Å²) < 4.78 is 2.05. The summed E-state index contributed by atoms with van der Waals surface area (Å²) in [5.74, 6) is 1.22. The van der Waals surface area contributed by atoms with Crippen LogP contribution in [0.15, 0.2) is 53.7 Å². The molecule has 0 radical (unpaired) electrons. The van der Waals surface area contributed by atoms with Crippen LogP contribution in [0.25, 0.3) is 11.4 Å². The third-order valence-electron chi connectivity index (χ3n) is 5.89. The minimum absolute atomic E-state index is 0.0859. The molecule has 0 unspecified atom stereocenters. The summed E-state index contributed by atoms with van der Waals surface area (Å²) in [6.07, 6.45) is 0. The van der Waals surface area contributed by atoms with E-state index in [9.17, 15) is 14.9 Å². The lowest BCUT2D eigenvalue weighted by molar-refractivity contribution is -0.384. The van der Waals surface area contributed by atoms with E-state index in [0.29, 0.717) is 25.4 Å². The first-order valence-electron chi connectivity index (χ1n) is 11.3. The number of aryl methyl sites for hydroxylation is 1. The van der Waals surface area contributed by atoms with E-state index in [1.54, 1.807) is 12.1 Å². The van der Waals surface area contributed by atoms with Crippen molar-refractivity contribution in [2.75, 3.05) is 31.9 Å². The Balaban J connectivity index is 1.30. The van der Waals surface area contributed by atoms with E-state index in [-0.39, 0.29) is 16.5 Å². The number of nitro benzene ring substituents is 1. The van der Waals surface area contributed by atoms with Crippen LogP contribution in [0, 0.1) is 17.0 Å². The van der Waals surface area contributed by atoms with Gasteiger partial charge in [-0.1, -0.05) is 47.7 Å². The first-order valence-corrected chi connectivity index (χ1v) is 12.3. The van der Waals surface area contributed by atoms with Gasteiger partial charge in [-0.3, -0.25) is 19.8 Å². The number of aromatic nitrogens is 3. The molecule has 178 valence electrons. The Labute approximate surface area is 202 Å². The molecule has 2 aromatic carbocycles. The van der Waals surface area contributed by atoms with Gasteiger partial charge in [-0.15, -0.1) is 10.2 Å². The number of nitrogens with zero attached hydrogens (tertiary/aromatic N) is 6. The van der Waals surface area contributed by atoms with Gasteiger partial charge in [-0.05, 0) is 25.5 Å². The molecule has 0 atom stereocenters. The van der Waals surface area contributed by atoms with Gasteiger partial charge in [-0.2, -0.15) is 0 Å². The van der Waals surface area contributed by atoms with Crippen molar-refractivity contribution in [1.82, 2.24) is 24.6 Å². The van der Waals surface area contributed by atoms with Gasteiger partial charge in [-0.25, -0.2) is 0 Å². The minimum atomic E-state index is -0.374. The van der Waals surface area contributed by atoms with Crippen molar-refractivity contribution in [2.24, 2.45) is 0 Å². The number of thioether (sulfide) groups is 1. The van der Waals surface area contributed by atoms with Crippen molar-refractivity contribution >= 4 is 23.4 Å². The molecule has 0 bridgehead atoms. The van der Waals surface area contributed by atoms with E-state index < -0.39 is 0 Å². The number of carbonyl (C=O) groups excluding carboxylic acids is 1. The molecule has 34 heavy (non-hydrogen) atoms. The van der Waals surface area contributed by atoms with E-state index in [1.165, 1.54) is 17.8 Å². The Morgan fingerprint density at radius 3 is 2.56 bits per heavy atom. The second kappa shape index (κ2) is 10.8. The molecule has 0 N–H and O–H groups in total. The third-order valence-corrected chi connectivity index (χ3v) is 6.84. The number of amides is 1. The maximum Gasteiger partial charge on any atom is 0.269 e. The quantitative estimate of drug-likeness (QED) is 0.276. The average Bonchev–Trinajstić information content (AvgIpc) is 3.26. The Morgan fingerprint density at radius 1 is 1.09 bits per heavy atom. The fourth-order valence-electron chi connectivity index (χ4n) is 4.08. The van der Waals surface area contributed by atoms with Crippen molar-refractivity contribution < 1.29 is 9.72 Å². The highest BCUT2D eigenvalue weighted by atomic mass is 32.2. The van der Waals surface area contributed by atoms with E-state index in [2.05, 4.69) is 28.1 Å². The van der Waals surface area contributed by atoms with Crippen LogP contribution < -0.4 is 0 Å². The summed E-state index contributed by atoms with van der Waals surface area (Å²) in [6.45, 7) is 8.22. The number of piperazine rings is 1. The Hall–Kier alpha value is -3.24. The van der Waals surface area contributed by atoms with Crippen LogP contribution in [0.1, 0.15) is 18.1 Å². The molecule has 1 saturated heterocycles. The average molecular weight is 481 g/mol. The summed E-state index contributed by atoms with van der Waals surface area (Å²) >= 11 is 1.42. The molecule has 10 heteroatoms. The van der Waals surface area contributed by atoms with Crippen molar-refractivity contribution in [2.45, 2.75) is 32.1 Å². The lowest BCUT2D eigenvalue weighted by Crippen LogP contribution is -2.48. The highest BCUT2D eigenvalue weighted by molar-refractivity contribution is 7.99. The van der Waals surface area contributed by atoms with Gasteiger partial charge in [0.05, 0.1) is 10.7 Å². The van der Waals surface area contributed by atoms with Gasteiger partial charge >= 0.3 is 0 Å². The van der Waals surface area contributed by atoms with Gasteiger partial charge in [0.15, 0.2) is 11.0 Å². The summed E-state index contributed by atoms with van der Waals surface area (Å²) in [5, 5.41) is 20.4. The van der Waals surface area contributed by atoms with Crippen LogP contribution in [0.5, 0.6) is 0 Å². The van der Waals surface area contributed by atoms with E-state index in [0.717, 1.165) is 47.3 Å². The smallest absolute Gasteiger partial charge is 0.269 e. The van der Waals surface area contributed by atoms with Crippen molar-refractivity contribution in [3.8, 4) is 11.4 Å². The summed E-state index contributed by atoms with van der Waals surface area (Å²) in [7, 11) is 0. The number of rotatable bonds is 8. The second-order valence-electron chi connectivity index (χ2n) is 8.29. The predicted molar refractivity (Wildman–Crippen MR) is 132 cm³/mol. The van der Waals surface area contributed by atoms with Crippen LogP contribution in [0.2, 0.25) is 0 Å². The minimum Gasteiger partial charge on any atom is -0.339 e. The predicted octanol–water partition coefficient (Wildman–Crippen LogP) is 3.62.